The van der Waals surface area contributed by atoms with E-state index in [1.54, 1.807) is 36.4 Å². The van der Waals surface area contributed by atoms with E-state index >= 15 is 0 Å². The van der Waals surface area contributed by atoms with Crippen LogP contribution in [0.4, 0.5) is 54.0 Å². The Bertz CT molecular complexity index is 1770. The second-order valence-corrected chi connectivity index (χ2v) is 8.85. The van der Waals surface area contributed by atoms with Crippen molar-refractivity contribution in [3.8, 4) is 11.3 Å². The quantitative estimate of drug-likeness (QED) is 0.137. The molecule has 0 aliphatic carbocycles. The minimum absolute atomic E-state index is 0.0327. The highest BCUT2D eigenvalue weighted by Gasteiger charge is 2.37. The van der Waals surface area contributed by atoms with E-state index in [0.29, 0.717) is 52.2 Å². The number of halogens is 6. The van der Waals surface area contributed by atoms with Crippen LogP contribution in [0.1, 0.15) is 21.7 Å². The van der Waals surface area contributed by atoms with Crippen LogP contribution >= 0.6 is 0 Å². The molecule has 214 valence electrons. The van der Waals surface area contributed by atoms with E-state index in [2.05, 4.69) is 20.6 Å². The Balaban J connectivity index is 1.35. The molecular formula is C28H17F6N5O3. The number of anilines is 4. The van der Waals surface area contributed by atoms with Gasteiger partial charge in [-0.1, -0.05) is 6.07 Å². The summed E-state index contributed by atoms with van der Waals surface area (Å²) in [6.07, 6.45) is -8.20. The highest BCUT2D eigenvalue weighted by molar-refractivity contribution is 6.00. The smallest absolute Gasteiger partial charge is 0.416 e. The van der Waals surface area contributed by atoms with Crippen molar-refractivity contribution in [2.75, 3.05) is 16.0 Å². The van der Waals surface area contributed by atoms with Gasteiger partial charge in [0.15, 0.2) is 12.0 Å². The van der Waals surface area contributed by atoms with Crippen molar-refractivity contribution < 1.29 is 40.3 Å². The molecule has 42 heavy (non-hydrogen) atoms. The van der Waals surface area contributed by atoms with E-state index in [0.717, 1.165) is 0 Å². The van der Waals surface area contributed by atoms with E-state index in [4.69, 9.17) is 4.42 Å². The summed E-state index contributed by atoms with van der Waals surface area (Å²) in [5.74, 6) is 0.998. The first kappa shape index (κ1) is 28.1. The summed E-state index contributed by atoms with van der Waals surface area (Å²) < 4.78 is 84.3. The fraction of sp³-hybridized carbons (Fsp3) is 0.0714. The molecule has 0 saturated carbocycles. The number of benzene rings is 3. The summed E-state index contributed by atoms with van der Waals surface area (Å²) in [4.78, 5) is 32.0. The Morgan fingerprint density at radius 1 is 0.762 bits per heavy atom. The number of hydrogen-bond acceptors (Lipinski definition) is 6. The first-order valence-corrected chi connectivity index (χ1v) is 11.9. The molecule has 0 bridgehead atoms. The van der Waals surface area contributed by atoms with Gasteiger partial charge in [0.05, 0.1) is 16.6 Å². The number of rotatable bonds is 6. The molecule has 0 radical (unpaired) electrons. The third kappa shape index (κ3) is 6.32. The molecule has 0 aliphatic heterocycles. The molecule has 8 nitrogen and oxygen atoms in total. The molecule has 3 N–H and O–H groups in total. The van der Waals surface area contributed by atoms with Gasteiger partial charge in [-0.05, 0) is 66.7 Å². The third-order valence-electron chi connectivity index (χ3n) is 5.89. The van der Waals surface area contributed by atoms with Crippen molar-refractivity contribution in [3.05, 3.63) is 96.0 Å². The van der Waals surface area contributed by atoms with Crippen LogP contribution in [-0.2, 0) is 12.4 Å². The van der Waals surface area contributed by atoms with Gasteiger partial charge in [-0.15, -0.1) is 0 Å². The Morgan fingerprint density at radius 2 is 1.45 bits per heavy atom. The number of fused-ring (bicyclic) bond motifs is 1. The number of amides is 2. The van der Waals surface area contributed by atoms with Gasteiger partial charge in [0.2, 0.25) is 0 Å². The minimum atomic E-state index is -5.06. The van der Waals surface area contributed by atoms with Crippen molar-refractivity contribution in [2.45, 2.75) is 12.4 Å². The molecule has 0 saturated heterocycles. The number of hydrogen-bond donors (Lipinski definition) is 3. The van der Waals surface area contributed by atoms with Crippen LogP contribution in [0.5, 0.6) is 0 Å². The number of alkyl halides is 6. The Kier molecular flexibility index (Phi) is 7.29. The molecule has 0 atom stereocenters. The van der Waals surface area contributed by atoms with Crippen LogP contribution in [0.2, 0.25) is 0 Å². The van der Waals surface area contributed by atoms with Gasteiger partial charge in [0, 0.05) is 28.0 Å². The van der Waals surface area contributed by atoms with Gasteiger partial charge in [-0.2, -0.15) is 26.3 Å². The van der Waals surface area contributed by atoms with Crippen molar-refractivity contribution in [1.82, 2.24) is 9.97 Å². The van der Waals surface area contributed by atoms with Gasteiger partial charge in [0.25, 0.3) is 0 Å². The van der Waals surface area contributed by atoms with Crippen LogP contribution in [0, 0.1) is 0 Å². The second kappa shape index (κ2) is 10.9. The fourth-order valence-corrected chi connectivity index (χ4v) is 4.01. The highest BCUT2D eigenvalue weighted by atomic mass is 19.4. The lowest BCUT2D eigenvalue weighted by atomic mass is 10.1. The first-order chi connectivity index (χ1) is 19.9. The molecule has 5 aromatic rings. The molecule has 2 heterocycles. The maximum absolute atomic E-state index is 13.1. The number of carbonyl (C=O) groups is 2. The number of aromatic nitrogens is 2. The van der Waals surface area contributed by atoms with E-state index < -0.39 is 35.2 Å². The van der Waals surface area contributed by atoms with Gasteiger partial charge in [-0.25, -0.2) is 14.8 Å². The molecule has 2 amide bonds. The number of nitrogens with zero attached hydrogens (tertiary/aromatic N) is 2. The fourth-order valence-electron chi connectivity index (χ4n) is 4.01. The average Bonchev–Trinajstić information content (AvgIpc) is 3.42. The van der Waals surface area contributed by atoms with Gasteiger partial charge in [0.1, 0.15) is 17.9 Å². The van der Waals surface area contributed by atoms with E-state index in [9.17, 15) is 35.9 Å². The average molecular weight is 585 g/mol. The largest absolute Gasteiger partial charge is 0.453 e. The van der Waals surface area contributed by atoms with E-state index in [-0.39, 0.29) is 17.5 Å². The van der Waals surface area contributed by atoms with Gasteiger partial charge >= 0.3 is 18.4 Å². The molecule has 0 fully saturated rings. The van der Waals surface area contributed by atoms with Crippen LogP contribution in [0.25, 0.3) is 22.2 Å². The zero-order valence-electron chi connectivity index (χ0n) is 21.0. The number of carbonyl (C=O) groups excluding carboxylic acids is 2. The standard InChI is InChI=1S/C28H17F6N5O3/c29-27(30,31)16-9-17(28(32,33)34)11-20(10-16)39-26(41)38-19-3-1-2-18(12-19)37-25-22-8-15(4-6-23(22)35-14-36-25)24-7-5-21(13-40)42-24/h1-14H,(H,35,36,37)(H2,38,39,41). The summed E-state index contributed by atoms with van der Waals surface area (Å²) in [7, 11) is 0. The molecule has 5 rings (SSSR count). The predicted molar refractivity (Wildman–Crippen MR) is 141 cm³/mol. The second-order valence-electron chi connectivity index (χ2n) is 8.85. The Hall–Kier alpha value is -5.40. The lowest BCUT2D eigenvalue weighted by Crippen LogP contribution is -2.20. The SMILES string of the molecule is O=Cc1ccc(-c2ccc3ncnc(Nc4cccc(NC(=O)Nc5cc(C(F)(F)F)cc(C(F)(F)F)c5)c4)c3c2)o1. The van der Waals surface area contributed by atoms with Crippen molar-refractivity contribution in [3.63, 3.8) is 0 Å². The summed E-state index contributed by atoms with van der Waals surface area (Å²) in [6, 6.07) is 14.3. The van der Waals surface area contributed by atoms with Crippen molar-refractivity contribution >= 4 is 46.1 Å². The monoisotopic (exact) mass is 585 g/mol. The Morgan fingerprint density at radius 3 is 2.12 bits per heavy atom. The van der Waals surface area contributed by atoms with Crippen LogP contribution in [0.15, 0.2) is 83.5 Å². The van der Waals surface area contributed by atoms with Crippen molar-refractivity contribution in [1.29, 1.82) is 0 Å². The Labute approximate surface area is 232 Å². The van der Waals surface area contributed by atoms with Crippen LogP contribution < -0.4 is 16.0 Å². The first-order valence-electron chi connectivity index (χ1n) is 11.9. The zero-order chi connectivity index (χ0) is 30.1. The maximum atomic E-state index is 13.1. The number of aldehydes is 1. The van der Waals surface area contributed by atoms with Gasteiger partial charge in [-0.3, -0.25) is 4.79 Å². The van der Waals surface area contributed by atoms with Gasteiger partial charge < -0.3 is 20.4 Å². The molecule has 14 heteroatoms. The van der Waals surface area contributed by atoms with Crippen molar-refractivity contribution in [2.24, 2.45) is 0 Å². The van der Waals surface area contributed by atoms with Crippen LogP contribution in [-0.4, -0.2) is 22.3 Å². The molecule has 0 spiro atoms. The number of nitrogens with one attached hydrogen (secondary N) is 3. The predicted octanol–water partition coefficient (Wildman–Crippen LogP) is 8.13. The number of furan rings is 1. The molecule has 0 aliphatic rings. The van der Waals surface area contributed by atoms with Crippen LogP contribution in [0.3, 0.4) is 0 Å². The summed E-state index contributed by atoms with van der Waals surface area (Å²) in [5.41, 5.74) is -1.95. The number of urea groups is 1. The van der Waals surface area contributed by atoms with E-state index in [1.165, 1.54) is 24.5 Å². The summed E-state index contributed by atoms with van der Waals surface area (Å²) in [5, 5.41) is 8.09. The normalized spacial score (nSPS) is 11.8. The summed E-state index contributed by atoms with van der Waals surface area (Å²) >= 11 is 0. The summed E-state index contributed by atoms with van der Waals surface area (Å²) in [6.45, 7) is 0. The molecule has 2 aromatic heterocycles. The molecule has 0 unspecified atom stereocenters. The highest BCUT2D eigenvalue weighted by Crippen LogP contribution is 2.37. The molecular weight excluding hydrogens is 568 g/mol. The maximum Gasteiger partial charge on any atom is 0.416 e. The lowest BCUT2D eigenvalue weighted by molar-refractivity contribution is -0.143. The zero-order valence-corrected chi connectivity index (χ0v) is 21.0. The van der Waals surface area contributed by atoms with E-state index in [1.807, 2.05) is 5.32 Å². The third-order valence-corrected chi connectivity index (χ3v) is 5.89. The minimum Gasteiger partial charge on any atom is -0.453 e. The lowest BCUT2D eigenvalue weighted by Gasteiger charge is -2.15. The topological polar surface area (TPSA) is 109 Å². The molecule has 3 aromatic carbocycles.